The fraction of sp³-hybridized carbons (Fsp3) is 0.385. The first-order valence-electron chi connectivity index (χ1n) is 10.9. The van der Waals surface area contributed by atoms with Crippen molar-refractivity contribution in [1.82, 2.24) is 4.90 Å². The Morgan fingerprint density at radius 2 is 1.82 bits per heavy atom. The van der Waals surface area contributed by atoms with Crippen LogP contribution < -0.4 is 15.1 Å². The molecule has 2 aromatic carbocycles. The number of nitrogens with zero attached hydrogens (tertiary/aromatic N) is 1. The van der Waals surface area contributed by atoms with Crippen molar-refractivity contribution >= 4 is 16.9 Å². The molecule has 0 bridgehead atoms. The smallest absolute Gasteiger partial charge is 0.336 e. The van der Waals surface area contributed by atoms with E-state index in [4.69, 9.17) is 18.6 Å². The van der Waals surface area contributed by atoms with Crippen molar-refractivity contribution < 1.29 is 23.4 Å². The van der Waals surface area contributed by atoms with E-state index in [0.29, 0.717) is 23.6 Å². The van der Waals surface area contributed by atoms with E-state index in [9.17, 15) is 9.59 Å². The number of rotatable bonds is 6. The molecule has 1 aliphatic heterocycles. The van der Waals surface area contributed by atoms with Crippen molar-refractivity contribution in [2.45, 2.75) is 39.3 Å². The van der Waals surface area contributed by atoms with Crippen LogP contribution in [0.15, 0.2) is 39.5 Å². The number of carbonyl (C=O) groups excluding carboxylic acids is 1. The molecule has 1 aliphatic rings. The van der Waals surface area contributed by atoms with Crippen LogP contribution in [0.4, 0.5) is 0 Å². The summed E-state index contributed by atoms with van der Waals surface area (Å²) >= 11 is 0. The Labute approximate surface area is 192 Å². The van der Waals surface area contributed by atoms with Crippen LogP contribution in [0.3, 0.4) is 0 Å². The number of ether oxygens (including phenoxy) is 3. The first-order valence-corrected chi connectivity index (χ1v) is 10.9. The minimum Gasteiger partial charge on any atom is -0.493 e. The van der Waals surface area contributed by atoms with Crippen LogP contribution in [-0.2, 0) is 22.5 Å². The van der Waals surface area contributed by atoms with Crippen molar-refractivity contribution in [3.8, 4) is 11.5 Å². The molecule has 0 spiro atoms. The zero-order valence-corrected chi connectivity index (χ0v) is 19.7. The molecule has 2 heterocycles. The standard InChI is InChI=1S/C26H29NO6/c1-15-6-7-19-18(11-25(29)33-26(19)16(15)2)14-27-9-8-17-10-22(30-3)23(31-4)12-20(17)21(27)13-24(28)32-5/h6-7,10-12,21H,8-9,13-14H2,1-5H3/t21-/m0/s1. The minimum absolute atomic E-state index is 0.191. The van der Waals surface area contributed by atoms with Gasteiger partial charge in [-0.25, -0.2) is 4.79 Å². The number of benzene rings is 2. The van der Waals surface area contributed by atoms with Gasteiger partial charge in [-0.15, -0.1) is 0 Å². The molecule has 1 aromatic heterocycles. The number of esters is 1. The van der Waals surface area contributed by atoms with Gasteiger partial charge in [-0.05, 0) is 60.2 Å². The highest BCUT2D eigenvalue weighted by molar-refractivity contribution is 5.84. The molecular weight excluding hydrogens is 422 g/mol. The minimum atomic E-state index is -0.375. The van der Waals surface area contributed by atoms with Crippen LogP contribution in [0, 0.1) is 13.8 Å². The molecular formula is C26H29NO6. The third kappa shape index (κ3) is 4.33. The number of aryl methyl sites for hydroxylation is 2. The van der Waals surface area contributed by atoms with E-state index in [1.54, 1.807) is 20.3 Å². The SMILES string of the molecule is COC(=O)C[C@H]1c2cc(OC)c(OC)cc2CCN1Cc1cc(=O)oc2c(C)c(C)ccc12. The van der Waals surface area contributed by atoms with Gasteiger partial charge in [0.15, 0.2) is 11.5 Å². The highest BCUT2D eigenvalue weighted by Gasteiger charge is 2.31. The first-order chi connectivity index (χ1) is 15.9. The second-order valence-corrected chi connectivity index (χ2v) is 8.40. The van der Waals surface area contributed by atoms with Gasteiger partial charge in [0.2, 0.25) is 0 Å². The van der Waals surface area contributed by atoms with Crippen LogP contribution >= 0.6 is 0 Å². The number of methoxy groups -OCH3 is 3. The molecule has 0 amide bonds. The molecule has 0 fully saturated rings. The lowest BCUT2D eigenvalue weighted by atomic mass is 9.89. The fourth-order valence-electron chi connectivity index (χ4n) is 4.62. The predicted molar refractivity (Wildman–Crippen MR) is 125 cm³/mol. The van der Waals surface area contributed by atoms with Gasteiger partial charge >= 0.3 is 11.6 Å². The summed E-state index contributed by atoms with van der Waals surface area (Å²) in [6.07, 6.45) is 0.974. The van der Waals surface area contributed by atoms with Crippen molar-refractivity contribution in [3.63, 3.8) is 0 Å². The molecule has 33 heavy (non-hydrogen) atoms. The van der Waals surface area contributed by atoms with Gasteiger partial charge in [0, 0.05) is 30.6 Å². The van der Waals surface area contributed by atoms with Gasteiger partial charge in [0.1, 0.15) is 5.58 Å². The summed E-state index contributed by atoms with van der Waals surface area (Å²) in [6.45, 7) is 5.18. The monoisotopic (exact) mass is 451 g/mol. The Kier molecular flexibility index (Phi) is 6.42. The summed E-state index contributed by atoms with van der Waals surface area (Å²) in [5.41, 5.74) is 5.26. The zero-order chi connectivity index (χ0) is 23.7. The summed E-state index contributed by atoms with van der Waals surface area (Å²) in [6, 6.07) is 9.28. The Bertz CT molecular complexity index is 1260. The molecule has 1 atom stereocenters. The average Bonchev–Trinajstić information content (AvgIpc) is 2.82. The number of fused-ring (bicyclic) bond motifs is 2. The maximum atomic E-state index is 12.4. The Morgan fingerprint density at radius 3 is 2.52 bits per heavy atom. The van der Waals surface area contributed by atoms with Crippen molar-refractivity contribution in [2.75, 3.05) is 27.9 Å². The number of hydrogen-bond donors (Lipinski definition) is 0. The Hall–Kier alpha value is -3.32. The molecule has 0 saturated heterocycles. The zero-order valence-electron chi connectivity index (χ0n) is 19.7. The van der Waals surface area contributed by atoms with Crippen LogP contribution in [-0.4, -0.2) is 38.7 Å². The van der Waals surface area contributed by atoms with E-state index in [2.05, 4.69) is 4.90 Å². The summed E-state index contributed by atoms with van der Waals surface area (Å²) in [4.78, 5) is 26.9. The van der Waals surface area contributed by atoms with Gasteiger partial charge in [-0.1, -0.05) is 12.1 Å². The van der Waals surface area contributed by atoms with E-state index in [0.717, 1.165) is 46.2 Å². The molecule has 3 aromatic rings. The third-order valence-corrected chi connectivity index (χ3v) is 6.59. The molecule has 0 aliphatic carbocycles. The molecule has 4 rings (SSSR count). The molecule has 0 N–H and O–H groups in total. The Morgan fingerprint density at radius 1 is 1.09 bits per heavy atom. The van der Waals surface area contributed by atoms with Crippen LogP contribution in [0.1, 0.15) is 40.3 Å². The van der Waals surface area contributed by atoms with Crippen LogP contribution in [0.2, 0.25) is 0 Å². The average molecular weight is 452 g/mol. The van der Waals surface area contributed by atoms with E-state index >= 15 is 0 Å². The molecule has 0 radical (unpaired) electrons. The lowest BCUT2D eigenvalue weighted by Gasteiger charge is -2.37. The highest BCUT2D eigenvalue weighted by atomic mass is 16.5. The molecule has 0 unspecified atom stereocenters. The lowest BCUT2D eigenvalue weighted by Crippen LogP contribution is -2.36. The first kappa shape index (κ1) is 22.9. The third-order valence-electron chi connectivity index (χ3n) is 6.59. The number of hydrogen-bond acceptors (Lipinski definition) is 7. The van der Waals surface area contributed by atoms with Gasteiger partial charge in [-0.3, -0.25) is 9.69 Å². The normalized spacial score (nSPS) is 15.8. The van der Waals surface area contributed by atoms with Gasteiger partial charge in [0.25, 0.3) is 0 Å². The molecule has 7 heteroatoms. The van der Waals surface area contributed by atoms with E-state index in [-0.39, 0.29) is 24.1 Å². The summed E-state index contributed by atoms with van der Waals surface area (Å²) in [5, 5.41) is 0.910. The van der Waals surface area contributed by atoms with Gasteiger partial charge < -0.3 is 18.6 Å². The summed E-state index contributed by atoms with van der Waals surface area (Å²) in [7, 11) is 4.60. The molecule has 7 nitrogen and oxygen atoms in total. The highest BCUT2D eigenvalue weighted by Crippen LogP contribution is 2.40. The number of carbonyl (C=O) groups is 1. The van der Waals surface area contributed by atoms with E-state index in [1.165, 1.54) is 7.11 Å². The van der Waals surface area contributed by atoms with Crippen molar-refractivity contribution in [2.24, 2.45) is 0 Å². The molecule has 174 valence electrons. The van der Waals surface area contributed by atoms with Crippen molar-refractivity contribution in [1.29, 1.82) is 0 Å². The maximum absolute atomic E-state index is 12.4. The van der Waals surface area contributed by atoms with E-state index < -0.39 is 0 Å². The fourth-order valence-corrected chi connectivity index (χ4v) is 4.62. The van der Waals surface area contributed by atoms with E-state index in [1.807, 2.05) is 38.1 Å². The van der Waals surface area contributed by atoms with Crippen molar-refractivity contribution in [3.05, 3.63) is 68.6 Å². The van der Waals surface area contributed by atoms with Gasteiger partial charge in [0.05, 0.1) is 27.8 Å². The second kappa shape index (κ2) is 9.27. The topological polar surface area (TPSA) is 78.2 Å². The second-order valence-electron chi connectivity index (χ2n) is 8.40. The Balaban J connectivity index is 1.79. The maximum Gasteiger partial charge on any atom is 0.336 e. The summed E-state index contributed by atoms with van der Waals surface area (Å²) < 4.78 is 21.5. The predicted octanol–water partition coefficient (Wildman–Crippen LogP) is 4.09. The van der Waals surface area contributed by atoms with Gasteiger partial charge in [-0.2, -0.15) is 0 Å². The van der Waals surface area contributed by atoms with Crippen LogP contribution in [0.25, 0.3) is 11.0 Å². The lowest BCUT2D eigenvalue weighted by molar-refractivity contribution is -0.142. The molecule has 0 saturated carbocycles. The van der Waals surface area contributed by atoms with Crippen LogP contribution in [0.5, 0.6) is 11.5 Å². The summed E-state index contributed by atoms with van der Waals surface area (Å²) in [5.74, 6) is 0.987. The quantitative estimate of drug-likeness (QED) is 0.413. The largest absolute Gasteiger partial charge is 0.493 e.